The Morgan fingerprint density at radius 2 is 1.63 bits per heavy atom. The molecule has 15 atom stereocenters. The number of aliphatic hydroxyl groups is 4. The van der Waals surface area contributed by atoms with Gasteiger partial charge in [-0.15, -0.1) is 0 Å². The second-order valence-corrected chi connectivity index (χ2v) is 19.2. The molecule has 1 aromatic carbocycles. The minimum absolute atomic E-state index is 0.0451. The average molecular weight is 1060 g/mol. The molecule has 3 fully saturated rings. The van der Waals surface area contributed by atoms with E-state index in [1.54, 1.807) is 58.0 Å². The van der Waals surface area contributed by atoms with Gasteiger partial charge in [-0.05, 0) is 30.2 Å². The van der Waals surface area contributed by atoms with Crippen molar-refractivity contribution < 1.29 is 73.2 Å². The number of guanidine groups is 1. The highest BCUT2D eigenvalue weighted by atomic mass is 16.7. The number of rotatable bonds is 23. The summed E-state index contributed by atoms with van der Waals surface area (Å²) in [6.45, 7) is 5.39. The molecule has 0 bridgehead atoms. The summed E-state index contributed by atoms with van der Waals surface area (Å²) in [7, 11) is 1.24. The summed E-state index contributed by atoms with van der Waals surface area (Å²) < 4.78 is 24.8. The van der Waals surface area contributed by atoms with E-state index >= 15 is 0 Å². The first kappa shape index (κ1) is 57.7. The van der Waals surface area contributed by atoms with E-state index in [0.717, 1.165) is 26.6 Å². The lowest BCUT2D eigenvalue weighted by Crippen LogP contribution is -2.66. The molecule has 414 valence electrons. The molecule has 6 rings (SSSR count). The molecule has 0 radical (unpaired) electrons. The Morgan fingerprint density at radius 3 is 2.24 bits per heavy atom. The molecule has 29 nitrogen and oxygen atoms in total. The lowest BCUT2D eigenvalue weighted by molar-refractivity contribution is -0.233. The number of methoxy groups -OCH3 is 1. The van der Waals surface area contributed by atoms with E-state index in [0.29, 0.717) is 5.56 Å². The first-order valence-corrected chi connectivity index (χ1v) is 24.4. The Bertz CT molecular complexity index is 2500. The predicted octanol–water partition coefficient (Wildman–Crippen LogP) is -5.10. The Hall–Kier alpha value is -6.57. The number of carbonyl (C=O) groups excluding carboxylic acids is 5. The zero-order valence-electron chi connectivity index (χ0n) is 41.9. The minimum atomic E-state index is -1.95. The summed E-state index contributed by atoms with van der Waals surface area (Å²) >= 11 is 0. The van der Waals surface area contributed by atoms with E-state index in [9.17, 15) is 63.9 Å². The number of aliphatic hydroxyl groups excluding tert-OH is 4. The van der Waals surface area contributed by atoms with Gasteiger partial charge in [0.25, 0.3) is 11.5 Å². The van der Waals surface area contributed by atoms with Crippen molar-refractivity contribution >= 4 is 41.7 Å². The van der Waals surface area contributed by atoms with Crippen LogP contribution in [0.25, 0.3) is 0 Å². The number of aliphatic imine (C=N–C) groups is 1. The Kier molecular flexibility index (Phi) is 19.5. The van der Waals surface area contributed by atoms with Crippen LogP contribution in [0.4, 0.5) is 9.59 Å². The SMILES string of the molecule is CO[C@H]1[C@H](O[C@@H](C2C(=O)N(Cc3ccccc3)C(=O)N2CCCNC(=O)[C@@H](NC(=O)[C@@H](NC(=O)N[C@H](C(=O)O)C(C)C)[C@@H]2CCN=C(N)N2)[C@@H](O)C(C)C)[C@H]2O[C@@H](n3ccc(=O)[nH]c3=O)[C@H](O)[C@@H]2O)O[C@H](CN)[C@H]1O. The zero-order chi connectivity index (χ0) is 55.0. The number of benzene rings is 1. The topological polar surface area (TPSA) is 426 Å². The summed E-state index contributed by atoms with van der Waals surface area (Å²) in [6.07, 6.45) is -14.7. The third-order valence-electron chi connectivity index (χ3n) is 13.4. The molecular weight excluding hydrogens is 993 g/mol. The number of aliphatic carboxylic acids is 1. The van der Waals surface area contributed by atoms with Crippen LogP contribution in [-0.2, 0) is 44.7 Å². The van der Waals surface area contributed by atoms with E-state index in [-0.39, 0.29) is 51.5 Å². The van der Waals surface area contributed by atoms with Gasteiger partial charge >= 0.3 is 23.7 Å². The normalized spacial score (nSPS) is 27.8. The highest BCUT2D eigenvalue weighted by Crippen LogP contribution is 2.38. The number of carboxylic acids is 1. The van der Waals surface area contributed by atoms with Gasteiger partial charge < -0.3 is 87.4 Å². The van der Waals surface area contributed by atoms with E-state index in [2.05, 4.69) is 31.6 Å². The van der Waals surface area contributed by atoms with Gasteiger partial charge in [-0.25, -0.2) is 19.2 Å². The molecule has 75 heavy (non-hydrogen) atoms. The van der Waals surface area contributed by atoms with Crippen LogP contribution in [0.1, 0.15) is 52.3 Å². The Morgan fingerprint density at radius 1 is 0.920 bits per heavy atom. The van der Waals surface area contributed by atoms with Gasteiger partial charge in [0.15, 0.2) is 18.5 Å². The van der Waals surface area contributed by atoms with Gasteiger partial charge in [-0.1, -0.05) is 58.0 Å². The number of nitrogens with two attached hydrogens (primary N) is 2. The van der Waals surface area contributed by atoms with Gasteiger partial charge in [0.05, 0.1) is 18.7 Å². The number of imide groups is 1. The number of carboxylic acid groups (broad SMARTS) is 1. The van der Waals surface area contributed by atoms with Gasteiger partial charge in [0.2, 0.25) is 11.8 Å². The molecular formula is C46H68N12O17. The standard InChI is InChI=1S/C46H68N12O17/c1-20(2)26(41(67)68)54-44(69)55-27(23-12-15-50-43(48)51-23)38(65)53-28(30(60)21(3)4)37(64)49-14-9-16-56-29(39(66)58(46(56)71)19-22-10-7-6-8-11-22)34(75-42-36(72-5)31(61)24(18-47)73-42)35-32(62)33(63)40(74-35)57-17-13-25(59)52-45(57)70/h6-8,10-11,13,17,20-21,23-24,26-36,40,42,60-63H,9,12,14-16,18-19,47H2,1-5H3,(H,49,64)(H,53,65)(H,67,68)(H3,48,50,51)(H,52,59,70)(H2,54,55,69)/t23-,24+,26-,27-,28-,29?,30-,31+,32-,33+,34-,35-,36+,40+,42-/m0/s1. The number of hydrogen-bond donors (Lipinski definition) is 13. The lowest BCUT2D eigenvalue weighted by Gasteiger charge is -2.36. The van der Waals surface area contributed by atoms with Gasteiger partial charge in [-0.3, -0.25) is 38.6 Å². The molecule has 1 aromatic heterocycles. The minimum Gasteiger partial charge on any atom is -0.480 e. The number of nitrogens with zero attached hydrogens (tertiary/aromatic N) is 4. The molecule has 29 heteroatoms. The van der Waals surface area contributed by atoms with Gasteiger partial charge in [0, 0.05) is 45.6 Å². The molecule has 5 heterocycles. The number of aromatic amines is 1. The maximum absolute atomic E-state index is 14.8. The van der Waals surface area contributed by atoms with E-state index in [1.807, 2.05) is 4.98 Å². The Labute approximate surface area is 429 Å². The number of ether oxygens (including phenoxy) is 4. The number of nitrogens with one attached hydrogen (secondary N) is 6. The fourth-order valence-corrected chi connectivity index (χ4v) is 9.26. The van der Waals surface area contributed by atoms with Crippen molar-refractivity contribution in [3.63, 3.8) is 0 Å². The number of H-pyrrole nitrogens is 1. The van der Waals surface area contributed by atoms with Crippen molar-refractivity contribution in [2.75, 3.05) is 33.3 Å². The highest BCUT2D eigenvalue weighted by Gasteiger charge is 2.59. The fourth-order valence-electron chi connectivity index (χ4n) is 9.26. The van der Waals surface area contributed by atoms with Crippen LogP contribution in [0.3, 0.4) is 0 Å². The maximum Gasteiger partial charge on any atom is 0.330 e. The second kappa shape index (κ2) is 25.3. The van der Waals surface area contributed by atoms with Gasteiger partial charge in [-0.2, -0.15) is 0 Å². The van der Waals surface area contributed by atoms with Crippen molar-refractivity contribution in [2.24, 2.45) is 28.3 Å². The van der Waals surface area contributed by atoms with Crippen LogP contribution in [0.5, 0.6) is 0 Å². The summed E-state index contributed by atoms with van der Waals surface area (Å²) in [4.78, 5) is 116. The fraction of sp³-hybridized carbons (Fsp3) is 0.630. The van der Waals surface area contributed by atoms with Crippen LogP contribution in [0.2, 0.25) is 0 Å². The van der Waals surface area contributed by atoms with Crippen LogP contribution < -0.4 is 49.3 Å². The average Bonchev–Trinajstić information content (AvgIpc) is 3.93. The number of hydrogen-bond acceptors (Lipinski definition) is 20. The van der Waals surface area contributed by atoms with Gasteiger partial charge in [0.1, 0.15) is 66.9 Å². The van der Waals surface area contributed by atoms with E-state index < -0.39 is 150 Å². The molecule has 4 aliphatic heterocycles. The van der Waals surface area contributed by atoms with E-state index in [1.165, 1.54) is 7.11 Å². The smallest absolute Gasteiger partial charge is 0.330 e. The third-order valence-corrected chi connectivity index (χ3v) is 13.4. The highest BCUT2D eigenvalue weighted by molar-refractivity contribution is 6.04. The second-order valence-electron chi connectivity index (χ2n) is 19.2. The molecule has 0 aliphatic carbocycles. The molecule has 4 aliphatic rings. The van der Waals surface area contributed by atoms with Crippen LogP contribution in [0.15, 0.2) is 57.2 Å². The molecule has 0 saturated carbocycles. The first-order chi connectivity index (χ1) is 35.6. The number of carbonyl (C=O) groups is 6. The number of amides is 7. The molecule has 0 spiro atoms. The summed E-state index contributed by atoms with van der Waals surface area (Å²) in [6, 6.07) is 0.434. The zero-order valence-corrected chi connectivity index (χ0v) is 41.9. The molecule has 3 saturated heterocycles. The first-order valence-electron chi connectivity index (χ1n) is 24.4. The molecule has 1 unspecified atom stereocenters. The van der Waals surface area contributed by atoms with E-state index in [4.69, 9.17) is 30.4 Å². The maximum atomic E-state index is 14.8. The summed E-state index contributed by atoms with van der Waals surface area (Å²) in [5.74, 6) is -5.28. The number of urea groups is 2. The molecule has 7 amide bonds. The van der Waals surface area contributed by atoms with Crippen molar-refractivity contribution in [3.8, 4) is 0 Å². The monoisotopic (exact) mass is 1060 g/mol. The number of aromatic nitrogens is 2. The molecule has 15 N–H and O–H groups in total. The summed E-state index contributed by atoms with van der Waals surface area (Å²) in [5.41, 5.74) is 10.5. The quantitative estimate of drug-likeness (QED) is 0.0366. The predicted molar refractivity (Wildman–Crippen MR) is 260 cm³/mol. The molecule has 2 aromatic rings. The van der Waals surface area contributed by atoms with Crippen molar-refractivity contribution in [3.05, 3.63) is 69.0 Å². The Balaban J connectivity index is 1.27. The van der Waals surface area contributed by atoms with Crippen molar-refractivity contribution in [2.45, 2.75) is 139 Å². The van der Waals surface area contributed by atoms with Crippen LogP contribution in [-0.4, -0.2) is 205 Å². The van der Waals surface area contributed by atoms with Crippen molar-refractivity contribution in [1.29, 1.82) is 0 Å². The summed E-state index contributed by atoms with van der Waals surface area (Å²) in [5, 5.41) is 67.9. The lowest BCUT2D eigenvalue weighted by atomic mass is 9.97. The largest absolute Gasteiger partial charge is 0.480 e. The van der Waals surface area contributed by atoms with Crippen LogP contribution in [0, 0.1) is 11.8 Å². The third kappa shape index (κ3) is 13.3. The van der Waals surface area contributed by atoms with Crippen molar-refractivity contribution in [1.82, 2.24) is 45.9 Å². The van der Waals surface area contributed by atoms with Crippen LogP contribution >= 0.6 is 0 Å².